The molecule has 5 rings (SSSR count). The number of rotatable bonds is 5. The van der Waals surface area contributed by atoms with E-state index in [1.54, 1.807) is 38.1 Å². The van der Waals surface area contributed by atoms with Crippen LogP contribution in [0.1, 0.15) is 35.3 Å². The van der Waals surface area contributed by atoms with Crippen LogP contribution in [0.2, 0.25) is 5.15 Å². The Labute approximate surface area is 214 Å². The second-order valence-corrected chi connectivity index (χ2v) is 9.13. The molecular formula is C26H21ClFN5O4. The van der Waals surface area contributed by atoms with Gasteiger partial charge in [-0.15, -0.1) is 0 Å². The maximum Gasteiger partial charge on any atom is 0.439 e. The van der Waals surface area contributed by atoms with Gasteiger partial charge in [0.25, 0.3) is 0 Å². The zero-order valence-electron chi connectivity index (χ0n) is 20.3. The Bertz CT molecular complexity index is 1790. The minimum Gasteiger partial charge on any atom is -0.453 e. The summed E-state index contributed by atoms with van der Waals surface area (Å²) in [7, 11) is 0. The lowest BCUT2D eigenvalue weighted by Crippen LogP contribution is -2.13. The molecule has 37 heavy (non-hydrogen) atoms. The number of aromatic amines is 1. The third kappa shape index (κ3) is 4.51. The first-order valence-corrected chi connectivity index (χ1v) is 11.7. The number of hydrogen-bond donors (Lipinski definition) is 2. The average Bonchev–Trinajstić information content (AvgIpc) is 3.30. The van der Waals surface area contributed by atoms with E-state index in [0.29, 0.717) is 27.9 Å². The monoisotopic (exact) mass is 521 g/mol. The summed E-state index contributed by atoms with van der Waals surface area (Å²) in [5, 5.41) is 7.59. The maximum absolute atomic E-state index is 14.7. The fourth-order valence-corrected chi connectivity index (χ4v) is 4.34. The summed E-state index contributed by atoms with van der Waals surface area (Å²) in [6, 6.07) is 9.30. The lowest BCUT2D eigenvalue weighted by Gasteiger charge is -2.20. The van der Waals surface area contributed by atoms with E-state index in [2.05, 4.69) is 29.9 Å². The second-order valence-electron chi connectivity index (χ2n) is 8.74. The minimum atomic E-state index is -0.734. The highest BCUT2D eigenvalue weighted by molar-refractivity contribution is 6.29. The van der Waals surface area contributed by atoms with E-state index in [0.717, 1.165) is 5.56 Å². The van der Waals surface area contributed by atoms with E-state index in [1.807, 2.05) is 19.9 Å². The van der Waals surface area contributed by atoms with Gasteiger partial charge in [-0.3, -0.25) is 14.3 Å². The van der Waals surface area contributed by atoms with Crippen molar-refractivity contribution >= 4 is 28.3 Å². The number of anilines is 1. The molecule has 11 heteroatoms. The highest BCUT2D eigenvalue weighted by Crippen LogP contribution is 2.34. The molecule has 0 aliphatic heterocycles. The van der Waals surface area contributed by atoms with E-state index in [9.17, 15) is 14.0 Å². The van der Waals surface area contributed by atoms with Gasteiger partial charge >= 0.3 is 5.76 Å². The third-order valence-electron chi connectivity index (χ3n) is 5.96. The lowest BCUT2D eigenvalue weighted by atomic mass is 9.99. The van der Waals surface area contributed by atoms with Crippen molar-refractivity contribution < 1.29 is 13.3 Å². The molecule has 0 radical (unpaired) electrons. The third-order valence-corrected chi connectivity index (χ3v) is 6.17. The number of aromatic nitrogens is 4. The predicted octanol–water partition coefficient (Wildman–Crippen LogP) is 5.48. The molecule has 2 N–H and O–H groups in total. The number of aryl methyl sites for hydroxylation is 2. The first-order chi connectivity index (χ1) is 17.6. The summed E-state index contributed by atoms with van der Waals surface area (Å²) in [6.45, 7) is 7.06. The number of benzene rings is 1. The van der Waals surface area contributed by atoms with E-state index in [-0.39, 0.29) is 39.1 Å². The van der Waals surface area contributed by atoms with Crippen LogP contribution in [0.15, 0.2) is 54.9 Å². The van der Waals surface area contributed by atoms with Crippen LogP contribution in [-0.2, 0) is 0 Å². The number of nitrogens with one attached hydrogen (secondary N) is 2. The zero-order chi connectivity index (χ0) is 26.4. The van der Waals surface area contributed by atoms with Crippen LogP contribution in [0.5, 0.6) is 0 Å². The Morgan fingerprint density at radius 3 is 2.57 bits per heavy atom. The van der Waals surface area contributed by atoms with Crippen molar-refractivity contribution in [2.45, 2.75) is 33.7 Å². The first-order valence-electron chi connectivity index (χ1n) is 11.3. The fourth-order valence-electron chi connectivity index (χ4n) is 4.19. The number of fused-ring (bicyclic) bond motifs is 1. The molecule has 0 amide bonds. The van der Waals surface area contributed by atoms with Gasteiger partial charge in [0, 0.05) is 16.8 Å². The molecule has 188 valence electrons. The van der Waals surface area contributed by atoms with E-state index >= 15 is 0 Å². The molecule has 1 atom stereocenters. The molecule has 0 bridgehead atoms. The Morgan fingerprint density at radius 2 is 1.84 bits per heavy atom. The van der Waals surface area contributed by atoms with Crippen molar-refractivity contribution in [3.8, 4) is 23.0 Å². The van der Waals surface area contributed by atoms with Gasteiger partial charge < -0.3 is 9.73 Å². The van der Waals surface area contributed by atoms with Crippen LogP contribution in [0.25, 0.3) is 33.9 Å². The number of hydrogen-bond acceptors (Lipinski definition) is 8. The smallest absolute Gasteiger partial charge is 0.439 e. The lowest BCUT2D eigenvalue weighted by molar-refractivity contribution is 0.388. The highest BCUT2D eigenvalue weighted by atomic mass is 35.5. The summed E-state index contributed by atoms with van der Waals surface area (Å²) in [6.07, 6.45) is 0. The standard InChI is InChI=1S/C26H21ClFN5O4/c1-11-9-15(14(4)30-18-7-8-19(27)31-21(18)25-32-26(35)37-33-25)24-16(10-11)22(34)13(3)23(36-24)20-17(28)6-5-12(2)29-20/h5-10,14,30H,1-4H3,(H,32,33,35)/t14-/m1/s1. The van der Waals surface area contributed by atoms with Crippen LogP contribution >= 0.6 is 11.6 Å². The number of nitrogens with zero attached hydrogens (tertiary/aromatic N) is 3. The summed E-state index contributed by atoms with van der Waals surface area (Å²) < 4.78 is 25.6. The normalized spacial score (nSPS) is 12.2. The molecule has 0 aliphatic carbocycles. The van der Waals surface area contributed by atoms with E-state index in [4.69, 9.17) is 16.0 Å². The van der Waals surface area contributed by atoms with Gasteiger partial charge in [-0.2, -0.15) is 0 Å². The topological polar surface area (TPSA) is 127 Å². The van der Waals surface area contributed by atoms with Crippen molar-refractivity contribution in [1.82, 2.24) is 20.1 Å². The van der Waals surface area contributed by atoms with Gasteiger partial charge in [0.2, 0.25) is 5.82 Å². The second kappa shape index (κ2) is 9.29. The first kappa shape index (κ1) is 24.4. The molecule has 0 saturated heterocycles. The van der Waals surface area contributed by atoms with Crippen LogP contribution < -0.4 is 16.5 Å². The Morgan fingerprint density at radius 1 is 1.05 bits per heavy atom. The van der Waals surface area contributed by atoms with Crippen LogP contribution in [0, 0.1) is 26.6 Å². The molecule has 1 aromatic carbocycles. The van der Waals surface area contributed by atoms with Gasteiger partial charge in [0.15, 0.2) is 17.0 Å². The summed E-state index contributed by atoms with van der Waals surface area (Å²) in [5.74, 6) is -1.15. The SMILES string of the molecule is Cc1cc([C@@H](C)Nc2ccc(Cl)nc2-c2noc(=O)[nH]2)c2oc(-c3nc(C)ccc3F)c(C)c(=O)c2c1. The quantitative estimate of drug-likeness (QED) is 0.291. The molecule has 4 aromatic heterocycles. The minimum absolute atomic E-state index is 0.0252. The summed E-state index contributed by atoms with van der Waals surface area (Å²) in [5.41, 5.74) is 3.11. The van der Waals surface area contributed by atoms with Gasteiger partial charge in [0.1, 0.15) is 22.1 Å². The van der Waals surface area contributed by atoms with Gasteiger partial charge in [-0.05, 0) is 63.6 Å². The molecule has 0 saturated carbocycles. The van der Waals surface area contributed by atoms with Crippen molar-refractivity contribution in [1.29, 1.82) is 0 Å². The van der Waals surface area contributed by atoms with Crippen LogP contribution in [0.3, 0.4) is 0 Å². The molecule has 0 aliphatic rings. The average molecular weight is 522 g/mol. The van der Waals surface area contributed by atoms with Crippen molar-refractivity contribution in [3.63, 3.8) is 0 Å². The molecule has 5 aromatic rings. The van der Waals surface area contributed by atoms with E-state index < -0.39 is 17.6 Å². The predicted molar refractivity (Wildman–Crippen MR) is 137 cm³/mol. The highest BCUT2D eigenvalue weighted by Gasteiger charge is 2.22. The van der Waals surface area contributed by atoms with Crippen molar-refractivity contribution in [3.05, 3.63) is 90.5 Å². The van der Waals surface area contributed by atoms with Gasteiger partial charge in [-0.1, -0.05) is 22.8 Å². The molecule has 4 heterocycles. The number of halogens is 2. The van der Waals surface area contributed by atoms with Crippen LogP contribution in [-0.4, -0.2) is 20.1 Å². The molecule has 0 unspecified atom stereocenters. The molecule has 0 spiro atoms. The largest absolute Gasteiger partial charge is 0.453 e. The molecule has 9 nitrogen and oxygen atoms in total. The Kier molecular flexibility index (Phi) is 6.12. The molecular weight excluding hydrogens is 501 g/mol. The van der Waals surface area contributed by atoms with E-state index in [1.165, 1.54) is 6.07 Å². The Balaban J connectivity index is 1.67. The maximum atomic E-state index is 14.7. The Hall–Kier alpha value is -4.31. The van der Waals surface area contributed by atoms with Gasteiger partial charge in [0.05, 0.1) is 17.1 Å². The van der Waals surface area contributed by atoms with Crippen molar-refractivity contribution in [2.75, 3.05) is 5.32 Å². The van der Waals surface area contributed by atoms with Crippen LogP contribution in [0.4, 0.5) is 10.1 Å². The number of H-pyrrole nitrogens is 1. The number of pyridine rings is 2. The zero-order valence-corrected chi connectivity index (χ0v) is 21.0. The molecule has 0 fully saturated rings. The fraction of sp³-hybridized carbons (Fsp3) is 0.192. The summed E-state index contributed by atoms with van der Waals surface area (Å²) >= 11 is 6.08. The summed E-state index contributed by atoms with van der Waals surface area (Å²) in [4.78, 5) is 35.9. The van der Waals surface area contributed by atoms with Gasteiger partial charge in [-0.25, -0.2) is 19.2 Å². The van der Waals surface area contributed by atoms with Crippen molar-refractivity contribution in [2.24, 2.45) is 0 Å².